The van der Waals surface area contributed by atoms with Gasteiger partial charge in [0, 0.05) is 18.8 Å². The largest absolute Gasteiger partial charge is 0.300 e. The van der Waals surface area contributed by atoms with Crippen molar-refractivity contribution in [2.75, 3.05) is 6.61 Å². The summed E-state index contributed by atoms with van der Waals surface area (Å²) in [6.45, 7) is 3.08. The molecule has 2 amide bonds. The number of amides is 2. The van der Waals surface area contributed by atoms with Gasteiger partial charge in [0.1, 0.15) is 12.4 Å². The van der Waals surface area contributed by atoms with Crippen LogP contribution in [-0.2, 0) is 19.2 Å². The molecular weight excluding hydrogens is 212 g/mol. The second kappa shape index (κ2) is 7.95. The fourth-order valence-corrected chi connectivity index (χ4v) is 1.06. The van der Waals surface area contributed by atoms with Crippen molar-refractivity contribution in [1.29, 1.82) is 0 Å². The highest BCUT2D eigenvalue weighted by Crippen LogP contribution is 2.07. The molecule has 92 valence electrons. The summed E-state index contributed by atoms with van der Waals surface area (Å²) >= 11 is 0. The van der Waals surface area contributed by atoms with Crippen LogP contribution in [-0.4, -0.2) is 24.2 Å². The zero-order valence-electron chi connectivity index (χ0n) is 9.62. The summed E-state index contributed by atoms with van der Waals surface area (Å²) < 4.78 is 0. The van der Waals surface area contributed by atoms with E-state index in [1.165, 1.54) is 0 Å². The molecule has 3 N–H and O–H groups in total. The topological polar surface area (TPSA) is 98.5 Å². The van der Waals surface area contributed by atoms with Gasteiger partial charge in [-0.25, -0.2) is 5.90 Å². The third-order valence-electron chi connectivity index (χ3n) is 2.18. The molecule has 1 unspecified atom stereocenters. The normalized spacial score (nSPS) is 11.9. The van der Waals surface area contributed by atoms with Crippen LogP contribution in [0.2, 0.25) is 0 Å². The maximum absolute atomic E-state index is 11.4. The Morgan fingerprint density at radius 2 is 2.00 bits per heavy atom. The number of rotatable bonds is 7. The molecule has 0 aliphatic heterocycles. The molecule has 6 nitrogen and oxygen atoms in total. The third-order valence-corrected chi connectivity index (χ3v) is 2.18. The van der Waals surface area contributed by atoms with E-state index in [0.717, 1.165) is 0 Å². The second-order valence-corrected chi connectivity index (χ2v) is 3.56. The van der Waals surface area contributed by atoms with Gasteiger partial charge in [0.25, 0.3) is 5.91 Å². The molecule has 0 bridgehead atoms. The highest BCUT2D eigenvalue weighted by molar-refractivity contribution is 5.96. The molecule has 0 fully saturated rings. The highest BCUT2D eigenvalue weighted by atomic mass is 16.6. The minimum atomic E-state index is -0.582. The van der Waals surface area contributed by atoms with Crippen LogP contribution in [0.5, 0.6) is 0 Å². The molecule has 0 saturated carbocycles. The number of hydrogen-bond donors (Lipinski definition) is 2. The zero-order valence-corrected chi connectivity index (χ0v) is 9.62. The van der Waals surface area contributed by atoms with Crippen LogP contribution in [0, 0.1) is 5.92 Å². The molecule has 0 rings (SSSR count). The summed E-state index contributed by atoms with van der Waals surface area (Å²) in [6.07, 6.45) is 1.26. The van der Waals surface area contributed by atoms with E-state index in [1.54, 1.807) is 13.8 Å². The van der Waals surface area contributed by atoms with Crippen LogP contribution < -0.4 is 11.2 Å². The van der Waals surface area contributed by atoms with Crippen molar-refractivity contribution < 1.29 is 19.2 Å². The van der Waals surface area contributed by atoms with E-state index in [1.807, 2.05) is 0 Å². The summed E-state index contributed by atoms with van der Waals surface area (Å²) in [4.78, 5) is 37.4. The van der Waals surface area contributed by atoms with E-state index >= 15 is 0 Å². The van der Waals surface area contributed by atoms with E-state index in [0.29, 0.717) is 19.3 Å². The Hall–Kier alpha value is -1.27. The lowest BCUT2D eigenvalue weighted by molar-refractivity contribution is -0.135. The Balaban J connectivity index is 3.90. The molecule has 0 aliphatic carbocycles. The van der Waals surface area contributed by atoms with Crippen molar-refractivity contribution in [3.63, 3.8) is 0 Å². The number of carbonyl (C=O) groups excluding carboxylic acids is 3. The fraction of sp³-hybridized carbons (Fsp3) is 0.700. The van der Waals surface area contributed by atoms with E-state index < -0.39 is 11.8 Å². The van der Waals surface area contributed by atoms with Crippen molar-refractivity contribution in [1.82, 2.24) is 5.32 Å². The first kappa shape index (κ1) is 14.7. The number of Topliss-reactive ketones (excluding diaryl/α,β-unsaturated/α-hetero) is 1. The lowest BCUT2D eigenvalue weighted by atomic mass is 10.0. The second-order valence-electron chi connectivity index (χ2n) is 3.56. The molecule has 0 aliphatic rings. The predicted molar refractivity (Wildman–Crippen MR) is 57.0 cm³/mol. The fourth-order valence-electron chi connectivity index (χ4n) is 1.06. The van der Waals surface area contributed by atoms with Gasteiger partial charge in [0.05, 0.1) is 0 Å². The number of imide groups is 1. The van der Waals surface area contributed by atoms with Gasteiger partial charge in [0.2, 0.25) is 5.91 Å². The lowest BCUT2D eigenvalue weighted by Crippen LogP contribution is -2.37. The average molecular weight is 230 g/mol. The van der Waals surface area contributed by atoms with Crippen LogP contribution in [0.4, 0.5) is 0 Å². The maximum Gasteiger partial charge on any atom is 0.254 e. The molecule has 16 heavy (non-hydrogen) atoms. The molecule has 0 spiro atoms. The average Bonchev–Trinajstić information content (AvgIpc) is 2.25. The van der Waals surface area contributed by atoms with E-state index in [-0.39, 0.29) is 18.3 Å². The van der Waals surface area contributed by atoms with Crippen molar-refractivity contribution >= 4 is 17.6 Å². The molecule has 0 saturated heterocycles. The van der Waals surface area contributed by atoms with Gasteiger partial charge < -0.3 is 0 Å². The molecule has 0 radical (unpaired) electrons. The minimum Gasteiger partial charge on any atom is -0.300 e. The first-order valence-corrected chi connectivity index (χ1v) is 5.18. The van der Waals surface area contributed by atoms with Gasteiger partial charge in [-0.05, 0) is 6.42 Å². The molecule has 1 atom stereocenters. The smallest absolute Gasteiger partial charge is 0.254 e. The monoisotopic (exact) mass is 230 g/mol. The molecule has 6 heteroatoms. The molecule has 0 aromatic rings. The van der Waals surface area contributed by atoms with Gasteiger partial charge in [0.15, 0.2) is 0 Å². The van der Waals surface area contributed by atoms with Crippen LogP contribution in [0.1, 0.15) is 33.1 Å². The van der Waals surface area contributed by atoms with Gasteiger partial charge in [-0.2, -0.15) is 0 Å². The van der Waals surface area contributed by atoms with Crippen LogP contribution in [0.3, 0.4) is 0 Å². The molecule has 0 aromatic heterocycles. The number of nitrogens with one attached hydrogen (secondary N) is 1. The third kappa shape index (κ3) is 6.26. The molecular formula is C10H18N2O4. The van der Waals surface area contributed by atoms with Crippen molar-refractivity contribution in [2.24, 2.45) is 11.8 Å². The lowest BCUT2D eigenvalue weighted by Gasteiger charge is -2.10. The standard InChI is InChI=1S/C10H18N2O4/c1-3-8(13)5-4-7(2)10(15)12-9(14)6-16-11/h7H,3-6,11H2,1-2H3,(H,12,14,15). The predicted octanol–water partition coefficient (Wildman–Crippen LogP) is -0.0851. The summed E-state index contributed by atoms with van der Waals surface area (Å²) in [5, 5.41) is 2.13. The minimum absolute atomic E-state index is 0.108. The number of ketones is 1. The number of hydrogen-bond acceptors (Lipinski definition) is 5. The first-order valence-electron chi connectivity index (χ1n) is 5.18. The summed E-state index contributed by atoms with van der Waals surface area (Å²) in [5.41, 5.74) is 0. The number of nitrogens with two attached hydrogens (primary N) is 1. The summed E-state index contributed by atoms with van der Waals surface area (Å²) in [6, 6.07) is 0. The Morgan fingerprint density at radius 3 is 2.50 bits per heavy atom. The Kier molecular flexibility index (Phi) is 7.32. The maximum atomic E-state index is 11.4. The van der Waals surface area contributed by atoms with Crippen LogP contribution in [0.15, 0.2) is 0 Å². The summed E-state index contributed by atoms with van der Waals surface area (Å²) in [5.74, 6) is 3.42. The van der Waals surface area contributed by atoms with Gasteiger partial charge >= 0.3 is 0 Å². The highest BCUT2D eigenvalue weighted by Gasteiger charge is 2.16. The van der Waals surface area contributed by atoms with Crippen molar-refractivity contribution in [3.05, 3.63) is 0 Å². The van der Waals surface area contributed by atoms with E-state index in [2.05, 4.69) is 16.1 Å². The Labute approximate surface area is 94.5 Å². The quantitative estimate of drug-likeness (QED) is 0.596. The van der Waals surface area contributed by atoms with Crippen LogP contribution >= 0.6 is 0 Å². The molecule has 0 aromatic carbocycles. The van der Waals surface area contributed by atoms with Crippen LogP contribution in [0.25, 0.3) is 0 Å². The number of carbonyl (C=O) groups is 3. The van der Waals surface area contributed by atoms with Gasteiger partial charge in [-0.15, -0.1) is 0 Å². The SMILES string of the molecule is CCC(=O)CCC(C)C(=O)NC(=O)CON. The summed E-state index contributed by atoms with van der Waals surface area (Å²) in [7, 11) is 0. The van der Waals surface area contributed by atoms with Gasteiger partial charge in [-0.1, -0.05) is 13.8 Å². The van der Waals surface area contributed by atoms with E-state index in [9.17, 15) is 14.4 Å². The molecule has 0 heterocycles. The van der Waals surface area contributed by atoms with Crippen molar-refractivity contribution in [3.8, 4) is 0 Å². The van der Waals surface area contributed by atoms with Gasteiger partial charge in [-0.3, -0.25) is 24.5 Å². The van der Waals surface area contributed by atoms with E-state index in [4.69, 9.17) is 0 Å². The van der Waals surface area contributed by atoms with Crippen molar-refractivity contribution in [2.45, 2.75) is 33.1 Å². The zero-order chi connectivity index (χ0) is 12.6. The Bertz CT molecular complexity index is 266. The first-order chi connectivity index (χ1) is 7.51. The Morgan fingerprint density at radius 1 is 1.38 bits per heavy atom.